The van der Waals surface area contributed by atoms with Crippen LogP contribution in [0.25, 0.3) is 0 Å². The van der Waals surface area contributed by atoms with Gasteiger partial charge < -0.3 is 10.2 Å². The van der Waals surface area contributed by atoms with Crippen LogP contribution in [0.2, 0.25) is 0 Å². The van der Waals surface area contributed by atoms with Crippen LogP contribution in [0.1, 0.15) is 23.1 Å². The molecule has 2 nitrogen and oxygen atoms in total. The van der Waals surface area contributed by atoms with Gasteiger partial charge in [0.1, 0.15) is 0 Å². The van der Waals surface area contributed by atoms with E-state index in [0.29, 0.717) is 0 Å². The Morgan fingerprint density at radius 1 is 1.18 bits per heavy atom. The fraction of sp³-hybridized carbons (Fsp3) is 0.600. The predicted octanol–water partition coefficient (Wildman–Crippen LogP) is 2.39. The second-order valence-electron chi connectivity index (χ2n) is 4.94. The molecule has 0 amide bonds. The first-order chi connectivity index (χ1) is 8.13. The predicted molar refractivity (Wildman–Crippen MR) is 75.7 cm³/mol. The molecule has 0 aliphatic heterocycles. The van der Waals surface area contributed by atoms with Crippen molar-refractivity contribution in [2.24, 2.45) is 0 Å². The van der Waals surface area contributed by atoms with E-state index in [4.69, 9.17) is 0 Å². The molecule has 0 aliphatic rings. The molecule has 2 heteroatoms. The number of benzene rings is 1. The maximum atomic E-state index is 3.19. The highest BCUT2D eigenvalue weighted by molar-refractivity contribution is 5.30. The summed E-state index contributed by atoms with van der Waals surface area (Å²) in [6.45, 7) is 7.79. The van der Waals surface area contributed by atoms with Crippen molar-refractivity contribution >= 4 is 0 Å². The Labute approximate surface area is 106 Å². The Kier molecular flexibility index (Phi) is 6.23. The van der Waals surface area contributed by atoms with Crippen LogP contribution in [0.3, 0.4) is 0 Å². The molecule has 0 saturated heterocycles. The first-order valence-electron chi connectivity index (χ1n) is 6.52. The molecule has 0 heterocycles. The Balaban J connectivity index is 2.34. The second-order valence-corrected chi connectivity index (χ2v) is 4.94. The lowest BCUT2D eigenvalue weighted by atomic mass is 10.0. The quantitative estimate of drug-likeness (QED) is 0.729. The number of rotatable bonds is 7. The summed E-state index contributed by atoms with van der Waals surface area (Å²) in [5.74, 6) is 0. The average molecular weight is 234 g/mol. The molecule has 0 saturated carbocycles. The molecule has 0 spiro atoms. The molecule has 1 aromatic carbocycles. The molecule has 17 heavy (non-hydrogen) atoms. The van der Waals surface area contributed by atoms with E-state index in [0.717, 1.165) is 19.5 Å². The zero-order chi connectivity index (χ0) is 12.7. The third-order valence-electron chi connectivity index (χ3n) is 3.23. The first kappa shape index (κ1) is 14.2. The molecule has 0 radical (unpaired) electrons. The molecular formula is C15H26N2. The largest absolute Gasteiger partial charge is 0.320 e. The highest BCUT2D eigenvalue weighted by Crippen LogP contribution is 2.11. The smallest absolute Gasteiger partial charge is 0.00189 e. The van der Waals surface area contributed by atoms with Crippen LogP contribution in [-0.4, -0.2) is 38.6 Å². The highest BCUT2D eigenvalue weighted by Gasteiger charge is 2.02. The molecule has 0 aliphatic carbocycles. The molecule has 0 fully saturated rings. The van der Waals surface area contributed by atoms with E-state index in [1.807, 2.05) is 7.05 Å². The Morgan fingerprint density at radius 3 is 2.59 bits per heavy atom. The van der Waals surface area contributed by atoms with Crippen LogP contribution < -0.4 is 5.32 Å². The minimum Gasteiger partial charge on any atom is -0.320 e. The van der Waals surface area contributed by atoms with Crippen LogP contribution in [-0.2, 0) is 6.42 Å². The summed E-state index contributed by atoms with van der Waals surface area (Å²) in [6.07, 6.45) is 2.38. The van der Waals surface area contributed by atoms with Crippen molar-refractivity contribution in [2.45, 2.75) is 26.7 Å². The van der Waals surface area contributed by atoms with Crippen LogP contribution in [0, 0.1) is 13.8 Å². The van der Waals surface area contributed by atoms with Gasteiger partial charge in [0, 0.05) is 6.54 Å². The van der Waals surface area contributed by atoms with Gasteiger partial charge in [0.2, 0.25) is 0 Å². The zero-order valence-corrected chi connectivity index (χ0v) is 11.7. The molecule has 1 rings (SSSR count). The maximum absolute atomic E-state index is 3.19. The van der Waals surface area contributed by atoms with Crippen LogP contribution >= 0.6 is 0 Å². The molecule has 0 atom stereocenters. The fourth-order valence-electron chi connectivity index (χ4n) is 2.08. The number of likely N-dealkylation sites (N-methyl/N-ethyl adjacent to an activating group) is 1. The highest BCUT2D eigenvalue weighted by atomic mass is 15.1. The van der Waals surface area contributed by atoms with Gasteiger partial charge in [-0.3, -0.25) is 0 Å². The fourth-order valence-corrected chi connectivity index (χ4v) is 2.08. The number of nitrogens with zero attached hydrogens (tertiary/aromatic N) is 1. The SMILES string of the molecule is CNCCCN(C)CCc1ccc(C)cc1C. The Morgan fingerprint density at radius 2 is 1.94 bits per heavy atom. The van der Waals surface area contributed by atoms with E-state index < -0.39 is 0 Å². The molecule has 0 unspecified atom stereocenters. The van der Waals surface area contributed by atoms with Gasteiger partial charge in [-0.1, -0.05) is 23.8 Å². The normalized spacial score (nSPS) is 11.1. The number of aryl methyl sites for hydroxylation is 2. The van der Waals surface area contributed by atoms with E-state index in [1.165, 1.54) is 29.7 Å². The van der Waals surface area contributed by atoms with Crippen molar-refractivity contribution in [3.8, 4) is 0 Å². The Hall–Kier alpha value is -0.860. The number of nitrogens with one attached hydrogen (secondary N) is 1. The van der Waals surface area contributed by atoms with Gasteiger partial charge in [-0.2, -0.15) is 0 Å². The lowest BCUT2D eigenvalue weighted by molar-refractivity contribution is 0.332. The Bertz CT molecular complexity index is 334. The zero-order valence-electron chi connectivity index (χ0n) is 11.7. The van der Waals surface area contributed by atoms with Crippen LogP contribution in [0.5, 0.6) is 0 Å². The lowest BCUT2D eigenvalue weighted by Crippen LogP contribution is -2.25. The first-order valence-corrected chi connectivity index (χ1v) is 6.52. The average Bonchev–Trinajstić information content (AvgIpc) is 2.28. The van der Waals surface area contributed by atoms with Gasteiger partial charge in [0.05, 0.1) is 0 Å². The summed E-state index contributed by atoms with van der Waals surface area (Å²) in [6, 6.07) is 6.76. The number of hydrogen-bond donors (Lipinski definition) is 1. The van der Waals surface area contributed by atoms with E-state index in [1.54, 1.807) is 0 Å². The van der Waals surface area contributed by atoms with Gasteiger partial charge in [-0.15, -0.1) is 0 Å². The van der Waals surface area contributed by atoms with Gasteiger partial charge in [-0.05, 0) is 65.0 Å². The summed E-state index contributed by atoms with van der Waals surface area (Å²) in [7, 11) is 4.22. The molecule has 0 bridgehead atoms. The van der Waals surface area contributed by atoms with Gasteiger partial charge in [0.25, 0.3) is 0 Å². The maximum Gasteiger partial charge on any atom is 0.00189 e. The standard InChI is InChI=1S/C15H26N2/c1-13-6-7-15(14(2)12-13)8-11-17(4)10-5-9-16-3/h6-7,12,16H,5,8-11H2,1-4H3. The lowest BCUT2D eigenvalue weighted by Gasteiger charge is -2.17. The van der Waals surface area contributed by atoms with Crippen molar-refractivity contribution in [1.29, 1.82) is 0 Å². The molecule has 0 aromatic heterocycles. The minimum atomic E-state index is 1.11. The molecule has 1 aromatic rings. The summed E-state index contributed by atoms with van der Waals surface area (Å²) in [5.41, 5.74) is 4.26. The van der Waals surface area contributed by atoms with Crippen molar-refractivity contribution in [1.82, 2.24) is 10.2 Å². The van der Waals surface area contributed by atoms with Crippen molar-refractivity contribution in [3.63, 3.8) is 0 Å². The monoisotopic (exact) mass is 234 g/mol. The number of hydrogen-bond acceptors (Lipinski definition) is 2. The molecule has 1 N–H and O–H groups in total. The van der Waals surface area contributed by atoms with Crippen molar-refractivity contribution in [3.05, 3.63) is 34.9 Å². The van der Waals surface area contributed by atoms with Crippen molar-refractivity contribution < 1.29 is 0 Å². The van der Waals surface area contributed by atoms with Crippen LogP contribution in [0.4, 0.5) is 0 Å². The third kappa shape index (κ3) is 5.33. The summed E-state index contributed by atoms with van der Waals surface area (Å²) in [5, 5.41) is 3.19. The third-order valence-corrected chi connectivity index (χ3v) is 3.23. The van der Waals surface area contributed by atoms with E-state index in [-0.39, 0.29) is 0 Å². The molecule has 96 valence electrons. The van der Waals surface area contributed by atoms with E-state index >= 15 is 0 Å². The summed E-state index contributed by atoms with van der Waals surface area (Å²) >= 11 is 0. The van der Waals surface area contributed by atoms with Gasteiger partial charge in [-0.25, -0.2) is 0 Å². The summed E-state index contributed by atoms with van der Waals surface area (Å²) in [4.78, 5) is 2.41. The van der Waals surface area contributed by atoms with Crippen molar-refractivity contribution in [2.75, 3.05) is 33.7 Å². The summed E-state index contributed by atoms with van der Waals surface area (Å²) < 4.78 is 0. The van der Waals surface area contributed by atoms with E-state index in [2.05, 4.69) is 49.3 Å². The molecular weight excluding hydrogens is 208 g/mol. The van der Waals surface area contributed by atoms with Gasteiger partial charge in [0.15, 0.2) is 0 Å². The van der Waals surface area contributed by atoms with Gasteiger partial charge >= 0.3 is 0 Å². The topological polar surface area (TPSA) is 15.3 Å². The van der Waals surface area contributed by atoms with E-state index in [9.17, 15) is 0 Å². The minimum absolute atomic E-state index is 1.11. The second kappa shape index (κ2) is 7.46. The van der Waals surface area contributed by atoms with Crippen LogP contribution in [0.15, 0.2) is 18.2 Å².